The van der Waals surface area contributed by atoms with Gasteiger partial charge in [0.05, 0.1) is 11.3 Å². The fourth-order valence-corrected chi connectivity index (χ4v) is 4.22. The second-order valence-corrected chi connectivity index (χ2v) is 7.34. The van der Waals surface area contributed by atoms with E-state index in [-0.39, 0.29) is 17.0 Å². The standard InChI is InChI=1S/C16H18F2N2S/c1-16(2)7-11(19-3)14-12(8-16)20-15(21-14)13-9(17)5-4-6-10(13)18/h4-6,11,19H,7-8H2,1-3H3. The minimum Gasteiger partial charge on any atom is -0.312 e. The van der Waals surface area contributed by atoms with Gasteiger partial charge in [0, 0.05) is 10.9 Å². The van der Waals surface area contributed by atoms with Crippen molar-refractivity contribution in [3.63, 3.8) is 0 Å². The van der Waals surface area contributed by atoms with Crippen molar-refractivity contribution in [2.45, 2.75) is 32.7 Å². The number of fused-ring (bicyclic) bond motifs is 1. The summed E-state index contributed by atoms with van der Waals surface area (Å²) in [6.07, 6.45) is 1.84. The van der Waals surface area contributed by atoms with Crippen LogP contribution in [0.2, 0.25) is 0 Å². The van der Waals surface area contributed by atoms with E-state index in [1.54, 1.807) is 0 Å². The van der Waals surface area contributed by atoms with E-state index in [9.17, 15) is 8.78 Å². The number of hydrogen-bond donors (Lipinski definition) is 1. The van der Waals surface area contributed by atoms with Gasteiger partial charge in [0.1, 0.15) is 16.6 Å². The van der Waals surface area contributed by atoms with E-state index in [0.717, 1.165) is 23.4 Å². The van der Waals surface area contributed by atoms with Crippen molar-refractivity contribution in [1.82, 2.24) is 10.3 Å². The lowest BCUT2D eigenvalue weighted by molar-refractivity contribution is 0.265. The average Bonchev–Trinajstić information content (AvgIpc) is 2.79. The average molecular weight is 308 g/mol. The number of halogens is 2. The van der Waals surface area contributed by atoms with E-state index >= 15 is 0 Å². The Kier molecular flexibility index (Phi) is 3.58. The van der Waals surface area contributed by atoms with Crippen molar-refractivity contribution in [2.24, 2.45) is 5.41 Å². The monoisotopic (exact) mass is 308 g/mol. The number of aromatic nitrogens is 1. The van der Waals surface area contributed by atoms with Gasteiger partial charge in [0.15, 0.2) is 0 Å². The quantitative estimate of drug-likeness (QED) is 0.893. The third-order valence-corrected chi connectivity index (χ3v) is 5.20. The number of hydrogen-bond acceptors (Lipinski definition) is 3. The highest BCUT2D eigenvalue weighted by Gasteiger charge is 2.35. The van der Waals surface area contributed by atoms with Gasteiger partial charge in [-0.25, -0.2) is 13.8 Å². The molecule has 0 fully saturated rings. The molecule has 0 radical (unpaired) electrons. The fraction of sp³-hybridized carbons (Fsp3) is 0.438. The summed E-state index contributed by atoms with van der Waals surface area (Å²) in [4.78, 5) is 5.64. The molecular formula is C16H18F2N2S. The van der Waals surface area contributed by atoms with Crippen LogP contribution < -0.4 is 5.32 Å². The Balaban J connectivity index is 2.11. The van der Waals surface area contributed by atoms with E-state index in [0.29, 0.717) is 5.01 Å². The first-order valence-electron chi connectivity index (χ1n) is 7.02. The number of rotatable bonds is 2. The van der Waals surface area contributed by atoms with Crippen molar-refractivity contribution in [1.29, 1.82) is 0 Å². The second-order valence-electron chi connectivity index (χ2n) is 6.31. The molecule has 0 saturated carbocycles. The van der Waals surface area contributed by atoms with Gasteiger partial charge in [-0.3, -0.25) is 0 Å². The van der Waals surface area contributed by atoms with Crippen molar-refractivity contribution in [2.75, 3.05) is 7.05 Å². The summed E-state index contributed by atoms with van der Waals surface area (Å²) in [6, 6.07) is 4.13. The Labute approximate surface area is 127 Å². The van der Waals surface area contributed by atoms with Gasteiger partial charge in [0.2, 0.25) is 0 Å². The number of thiazole rings is 1. The third kappa shape index (κ3) is 2.60. The molecule has 21 heavy (non-hydrogen) atoms. The lowest BCUT2D eigenvalue weighted by atomic mass is 9.76. The summed E-state index contributed by atoms with van der Waals surface area (Å²) in [5, 5.41) is 3.73. The lowest BCUT2D eigenvalue weighted by Crippen LogP contribution is -2.30. The fourth-order valence-electron chi connectivity index (χ4n) is 2.98. The Morgan fingerprint density at radius 3 is 2.57 bits per heavy atom. The second kappa shape index (κ2) is 5.14. The molecule has 0 aliphatic heterocycles. The summed E-state index contributed by atoms with van der Waals surface area (Å²) in [7, 11) is 1.92. The van der Waals surface area contributed by atoms with Crippen LogP contribution in [0, 0.1) is 17.0 Å². The molecule has 1 aromatic carbocycles. The highest BCUT2D eigenvalue weighted by Crippen LogP contribution is 2.45. The topological polar surface area (TPSA) is 24.9 Å². The molecule has 1 aliphatic carbocycles. The van der Waals surface area contributed by atoms with Crippen LogP contribution in [0.15, 0.2) is 18.2 Å². The van der Waals surface area contributed by atoms with E-state index in [4.69, 9.17) is 0 Å². The van der Waals surface area contributed by atoms with Gasteiger partial charge in [0.25, 0.3) is 0 Å². The summed E-state index contributed by atoms with van der Waals surface area (Å²) in [5.41, 5.74) is 1.09. The number of benzene rings is 1. The first-order chi connectivity index (χ1) is 9.91. The highest BCUT2D eigenvalue weighted by molar-refractivity contribution is 7.15. The van der Waals surface area contributed by atoms with Gasteiger partial charge in [-0.05, 0) is 37.4 Å². The van der Waals surface area contributed by atoms with Gasteiger partial charge < -0.3 is 5.32 Å². The molecule has 0 saturated heterocycles. The number of nitrogens with one attached hydrogen (secondary N) is 1. The van der Waals surface area contributed by atoms with Crippen LogP contribution in [0.3, 0.4) is 0 Å². The first kappa shape index (κ1) is 14.6. The molecule has 5 heteroatoms. The van der Waals surface area contributed by atoms with Crippen LogP contribution in [-0.2, 0) is 6.42 Å². The molecule has 1 aromatic heterocycles. The molecule has 1 unspecified atom stereocenters. The third-order valence-electron chi connectivity index (χ3n) is 3.97. The zero-order chi connectivity index (χ0) is 15.2. The largest absolute Gasteiger partial charge is 0.312 e. The van der Waals surface area contributed by atoms with E-state index in [2.05, 4.69) is 24.1 Å². The summed E-state index contributed by atoms with van der Waals surface area (Å²) < 4.78 is 27.9. The molecule has 0 bridgehead atoms. The molecular weight excluding hydrogens is 290 g/mol. The molecule has 3 rings (SSSR count). The van der Waals surface area contributed by atoms with Crippen molar-refractivity contribution in [3.05, 3.63) is 40.4 Å². The van der Waals surface area contributed by atoms with Crippen molar-refractivity contribution in [3.8, 4) is 10.6 Å². The van der Waals surface area contributed by atoms with Crippen LogP contribution in [0.4, 0.5) is 8.78 Å². The predicted octanol–water partition coefficient (Wildman–Crippen LogP) is 4.32. The molecule has 1 N–H and O–H groups in total. The van der Waals surface area contributed by atoms with Gasteiger partial charge in [-0.1, -0.05) is 19.9 Å². The normalized spacial score (nSPS) is 20.3. The molecule has 0 amide bonds. The summed E-state index contributed by atoms with van der Waals surface area (Å²) >= 11 is 1.40. The highest BCUT2D eigenvalue weighted by atomic mass is 32.1. The van der Waals surface area contributed by atoms with E-state index in [1.165, 1.54) is 29.5 Å². The lowest BCUT2D eigenvalue weighted by Gasteiger charge is -2.34. The Morgan fingerprint density at radius 1 is 1.29 bits per heavy atom. The molecule has 112 valence electrons. The maximum Gasteiger partial charge on any atom is 0.136 e. The Hall–Kier alpha value is -1.33. The van der Waals surface area contributed by atoms with Crippen LogP contribution in [0.1, 0.15) is 36.9 Å². The SMILES string of the molecule is CNC1CC(C)(C)Cc2nc(-c3c(F)cccc3F)sc21. The van der Waals surface area contributed by atoms with Gasteiger partial charge in [-0.15, -0.1) is 11.3 Å². The predicted molar refractivity (Wildman–Crippen MR) is 81.4 cm³/mol. The Morgan fingerprint density at radius 2 is 1.95 bits per heavy atom. The van der Waals surface area contributed by atoms with Crippen molar-refractivity contribution >= 4 is 11.3 Å². The van der Waals surface area contributed by atoms with Crippen LogP contribution >= 0.6 is 11.3 Å². The Bertz CT molecular complexity index is 659. The van der Waals surface area contributed by atoms with Gasteiger partial charge >= 0.3 is 0 Å². The van der Waals surface area contributed by atoms with Crippen LogP contribution in [0.5, 0.6) is 0 Å². The number of nitrogens with zero attached hydrogens (tertiary/aromatic N) is 1. The van der Waals surface area contributed by atoms with Crippen LogP contribution in [0.25, 0.3) is 10.6 Å². The molecule has 2 aromatic rings. The molecule has 1 aliphatic rings. The van der Waals surface area contributed by atoms with Crippen LogP contribution in [-0.4, -0.2) is 12.0 Å². The summed E-state index contributed by atoms with van der Waals surface area (Å²) in [5.74, 6) is -1.11. The molecule has 2 nitrogen and oxygen atoms in total. The molecule has 1 heterocycles. The zero-order valence-electron chi connectivity index (χ0n) is 12.3. The first-order valence-corrected chi connectivity index (χ1v) is 7.84. The van der Waals surface area contributed by atoms with E-state index < -0.39 is 11.6 Å². The van der Waals surface area contributed by atoms with Crippen molar-refractivity contribution < 1.29 is 8.78 Å². The molecule has 1 atom stereocenters. The minimum absolute atomic E-state index is 0.00967. The maximum atomic E-state index is 13.9. The minimum atomic E-state index is -0.554. The van der Waals surface area contributed by atoms with E-state index in [1.807, 2.05) is 7.05 Å². The summed E-state index contributed by atoms with van der Waals surface area (Å²) in [6.45, 7) is 4.39. The molecule has 0 spiro atoms. The maximum absolute atomic E-state index is 13.9. The zero-order valence-corrected chi connectivity index (χ0v) is 13.2. The smallest absolute Gasteiger partial charge is 0.136 e. The van der Waals surface area contributed by atoms with Gasteiger partial charge in [-0.2, -0.15) is 0 Å².